The van der Waals surface area contributed by atoms with E-state index in [4.69, 9.17) is 0 Å². The van der Waals surface area contributed by atoms with Gasteiger partial charge in [-0.15, -0.1) is 0 Å². The molecule has 2 saturated heterocycles. The summed E-state index contributed by atoms with van der Waals surface area (Å²) in [6, 6.07) is 5.87. The minimum Gasteiger partial charge on any atom is -0.341 e. The summed E-state index contributed by atoms with van der Waals surface area (Å²) >= 11 is 1.85. The molecule has 3 rings (SSSR count). The number of amides is 2. The highest BCUT2D eigenvalue weighted by atomic mass is 32.2. The molecule has 0 aromatic heterocycles. The third-order valence-corrected chi connectivity index (χ3v) is 5.63. The molecular formula is C17H21FN2O2S. The molecule has 2 fully saturated rings. The number of piperidine rings is 1. The molecule has 2 aliphatic heterocycles. The number of thioether (sulfide) groups is 1. The number of hydrogen-bond acceptors (Lipinski definition) is 3. The molecule has 0 N–H and O–H groups in total. The van der Waals surface area contributed by atoms with E-state index in [1.807, 2.05) is 16.7 Å². The van der Waals surface area contributed by atoms with Gasteiger partial charge in [-0.2, -0.15) is 11.8 Å². The van der Waals surface area contributed by atoms with Crippen LogP contribution in [0.4, 0.5) is 4.39 Å². The van der Waals surface area contributed by atoms with Crippen LogP contribution in [-0.4, -0.2) is 53.3 Å². The number of nitrogens with zero attached hydrogens (tertiary/aromatic N) is 2. The van der Waals surface area contributed by atoms with Crippen molar-refractivity contribution < 1.29 is 14.0 Å². The van der Waals surface area contributed by atoms with E-state index in [1.165, 1.54) is 12.1 Å². The summed E-state index contributed by atoms with van der Waals surface area (Å²) in [4.78, 5) is 28.6. The van der Waals surface area contributed by atoms with Crippen LogP contribution < -0.4 is 0 Å². The van der Waals surface area contributed by atoms with Crippen LogP contribution in [0, 0.1) is 11.7 Å². The van der Waals surface area contributed by atoms with E-state index in [-0.39, 0.29) is 29.6 Å². The second-order valence-corrected chi connectivity index (χ2v) is 7.31. The van der Waals surface area contributed by atoms with Gasteiger partial charge in [-0.1, -0.05) is 12.1 Å². The molecule has 2 heterocycles. The number of likely N-dealkylation sites (tertiary alicyclic amines) is 1. The zero-order valence-electron chi connectivity index (χ0n) is 13.2. The summed E-state index contributed by atoms with van der Waals surface area (Å²) in [6.07, 6.45) is 0.911. The zero-order valence-corrected chi connectivity index (χ0v) is 14.0. The summed E-state index contributed by atoms with van der Waals surface area (Å²) < 4.78 is 13.6. The molecule has 1 aromatic carbocycles. The lowest BCUT2D eigenvalue weighted by molar-refractivity contribution is -0.146. The van der Waals surface area contributed by atoms with Gasteiger partial charge in [0.15, 0.2) is 0 Å². The van der Waals surface area contributed by atoms with Gasteiger partial charge >= 0.3 is 0 Å². The lowest BCUT2D eigenvalue weighted by Crippen LogP contribution is -2.49. The highest BCUT2D eigenvalue weighted by molar-refractivity contribution is 7.99. The maximum atomic E-state index is 13.6. The third-order valence-electron chi connectivity index (χ3n) is 4.69. The third kappa shape index (κ3) is 3.37. The predicted molar refractivity (Wildman–Crippen MR) is 88.5 cm³/mol. The zero-order chi connectivity index (χ0) is 16.4. The number of halogens is 1. The molecule has 2 aliphatic rings. The molecule has 0 unspecified atom stereocenters. The van der Waals surface area contributed by atoms with Crippen LogP contribution in [0.25, 0.3) is 0 Å². The van der Waals surface area contributed by atoms with Crippen LogP contribution in [0.5, 0.6) is 0 Å². The average Bonchev–Trinajstić information content (AvgIpc) is 2.57. The van der Waals surface area contributed by atoms with Crippen molar-refractivity contribution in [3.63, 3.8) is 0 Å². The SMILES string of the molecule is CN1C(=O)CC[C@H](C(=O)N2CCSCC2)[C@H]1c1cccc(F)c1. The molecular weight excluding hydrogens is 315 g/mol. The van der Waals surface area contributed by atoms with Gasteiger partial charge in [-0.25, -0.2) is 4.39 Å². The van der Waals surface area contributed by atoms with Crippen molar-refractivity contribution in [3.8, 4) is 0 Å². The molecule has 0 radical (unpaired) electrons. The first-order chi connectivity index (χ1) is 11.1. The fraction of sp³-hybridized carbons (Fsp3) is 0.529. The van der Waals surface area contributed by atoms with E-state index in [2.05, 4.69) is 0 Å². The number of hydrogen-bond donors (Lipinski definition) is 0. The van der Waals surface area contributed by atoms with Crippen LogP contribution in [0.2, 0.25) is 0 Å². The fourth-order valence-electron chi connectivity index (χ4n) is 3.46. The topological polar surface area (TPSA) is 40.6 Å². The van der Waals surface area contributed by atoms with Gasteiger partial charge < -0.3 is 9.80 Å². The second kappa shape index (κ2) is 6.91. The quantitative estimate of drug-likeness (QED) is 0.832. The van der Waals surface area contributed by atoms with Crippen molar-refractivity contribution in [2.75, 3.05) is 31.6 Å². The van der Waals surface area contributed by atoms with E-state index >= 15 is 0 Å². The summed E-state index contributed by atoms with van der Waals surface area (Å²) in [5.41, 5.74) is 0.699. The minimum absolute atomic E-state index is 0.0116. The Morgan fingerprint density at radius 3 is 2.74 bits per heavy atom. The number of rotatable bonds is 2. The van der Waals surface area contributed by atoms with Gasteiger partial charge in [-0.05, 0) is 24.1 Å². The first kappa shape index (κ1) is 16.3. The van der Waals surface area contributed by atoms with Crippen LogP contribution in [0.1, 0.15) is 24.4 Å². The fourth-order valence-corrected chi connectivity index (χ4v) is 4.36. The first-order valence-corrected chi connectivity index (χ1v) is 9.11. The normalized spacial score (nSPS) is 25.6. The molecule has 2 amide bonds. The summed E-state index contributed by atoms with van der Waals surface area (Å²) in [7, 11) is 1.71. The van der Waals surface area contributed by atoms with Crippen LogP contribution in [0.15, 0.2) is 24.3 Å². The smallest absolute Gasteiger partial charge is 0.228 e. The molecule has 124 valence electrons. The molecule has 4 nitrogen and oxygen atoms in total. The predicted octanol–water partition coefficient (Wildman–Crippen LogP) is 2.31. The van der Waals surface area contributed by atoms with Crippen molar-refractivity contribution in [3.05, 3.63) is 35.6 Å². The Kier molecular flexibility index (Phi) is 4.90. The Morgan fingerprint density at radius 1 is 1.30 bits per heavy atom. The molecule has 23 heavy (non-hydrogen) atoms. The molecule has 0 saturated carbocycles. The Bertz CT molecular complexity index is 604. The van der Waals surface area contributed by atoms with Crippen molar-refractivity contribution in [2.24, 2.45) is 5.92 Å². The van der Waals surface area contributed by atoms with E-state index in [0.29, 0.717) is 18.4 Å². The largest absolute Gasteiger partial charge is 0.341 e. The highest BCUT2D eigenvalue weighted by Gasteiger charge is 2.40. The Hall–Kier alpha value is -1.56. The Morgan fingerprint density at radius 2 is 2.04 bits per heavy atom. The number of benzene rings is 1. The van der Waals surface area contributed by atoms with Gasteiger partial charge in [0.25, 0.3) is 0 Å². The maximum absolute atomic E-state index is 13.6. The van der Waals surface area contributed by atoms with Crippen molar-refractivity contribution >= 4 is 23.6 Å². The van der Waals surface area contributed by atoms with E-state index in [1.54, 1.807) is 24.1 Å². The van der Waals surface area contributed by atoms with E-state index in [0.717, 1.165) is 24.6 Å². The molecule has 0 aliphatic carbocycles. The minimum atomic E-state index is -0.381. The highest BCUT2D eigenvalue weighted by Crippen LogP contribution is 2.37. The molecule has 2 atom stereocenters. The Labute approximate surface area is 140 Å². The molecule has 0 spiro atoms. The second-order valence-electron chi connectivity index (χ2n) is 6.09. The van der Waals surface area contributed by atoms with Gasteiger partial charge in [0.05, 0.1) is 12.0 Å². The lowest BCUT2D eigenvalue weighted by atomic mass is 9.83. The molecule has 0 bridgehead atoms. The van der Waals surface area contributed by atoms with Gasteiger partial charge in [0.2, 0.25) is 11.8 Å². The maximum Gasteiger partial charge on any atom is 0.228 e. The van der Waals surface area contributed by atoms with Gasteiger partial charge in [0, 0.05) is 38.1 Å². The standard InChI is InChI=1S/C17H21FN2O2S/c1-19-15(21)6-5-14(17(22)20-7-9-23-10-8-20)16(19)12-3-2-4-13(18)11-12/h2-4,11,14,16H,5-10H2,1H3/t14-,16+/m0/s1. The summed E-state index contributed by atoms with van der Waals surface area (Å²) in [6.45, 7) is 1.51. The first-order valence-electron chi connectivity index (χ1n) is 7.95. The van der Waals surface area contributed by atoms with Gasteiger partial charge in [-0.3, -0.25) is 9.59 Å². The van der Waals surface area contributed by atoms with Crippen LogP contribution in [-0.2, 0) is 9.59 Å². The molecule has 1 aromatic rings. The average molecular weight is 336 g/mol. The van der Waals surface area contributed by atoms with Crippen molar-refractivity contribution in [2.45, 2.75) is 18.9 Å². The van der Waals surface area contributed by atoms with E-state index < -0.39 is 0 Å². The summed E-state index contributed by atoms with van der Waals surface area (Å²) in [5.74, 6) is 1.39. The molecule has 6 heteroatoms. The monoisotopic (exact) mass is 336 g/mol. The van der Waals surface area contributed by atoms with Crippen molar-refractivity contribution in [1.29, 1.82) is 0 Å². The number of carbonyl (C=O) groups excluding carboxylic acids is 2. The van der Waals surface area contributed by atoms with Crippen LogP contribution >= 0.6 is 11.8 Å². The Balaban J connectivity index is 1.89. The summed E-state index contributed by atoms with van der Waals surface area (Å²) in [5, 5.41) is 0. The van der Waals surface area contributed by atoms with Gasteiger partial charge in [0.1, 0.15) is 5.82 Å². The lowest BCUT2D eigenvalue weighted by Gasteiger charge is -2.41. The van der Waals surface area contributed by atoms with Crippen molar-refractivity contribution in [1.82, 2.24) is 9.80 Å². The number of carbonyl (C=O) groups is 2. The van der Waals surface area contributed by atoms with E-state index in [9.17, 15) is 14.0 Å². The van der Waals surface area contributed by atoms with Crippen LogP contribution in [0.3, 0.4) is 0 Å².